The van der Waals surface area contributed by atoms with Gasteiger partial charge in [0.05, 0.1) is 12.6 Å². The molecule has 0 aliphatic heterocycles. The van der Waals surface area contributed by atoms with E-state index in [0.29, 0.717) is 12.6 Å². The van der Waals surface area contributed by atoms with E-state index in [0.717, 1.165) is 49.6 Å². The van der Waals surface area contributed by atoms with E-state index >= 15 is 0 Å². The molecule has 7 heteroatoms. The van der Waals surface area contributed by atoms with Crippen molar-refractivity contribution < 1.29 is 5.11 Å². The third kappa shape index (κ3) is 5.03. The smallest absolute Gasteiger partial charge is 0.191 e. The van der Waals surface area contributed by atoms with Gasteiger partial charge in [-0.25, -0.2) is 14.7 Å². The molecule has 0 radical (unpaired) electrons. The number of rotatable bonds is 5. The van der Waals surface area contributed by atoms with Gasteiger partial charge >= 0.3 is 0 Å². The predicted molar refractivity (Wildman–Crippen MR) is 97.6 cm³/mol. The maximum Gasteiger partial charge on any atom is 0.191 e. The summed E-state index contributed by atoms with van der Waals surface area (Å²) < 4.78 is 1.74. The number of aliphatic imine (C=N–C) groups is 1. The van der Waals surface area contributed by atoms with E-state index in [9.17, 15) is 5.11 Å². The molecule has 0 bridgehead atoms. The van der Waals surface area contributed by atoms with Gasteiger partial charge < -0.3 is 15.7 Å². The van der Waals surface area contributed by atoms with E-state index in [1.54, 1.807) is 17.1 Å². The fourth-order valence-corrected chi connectivity index (χ4v) is 2.99. The van der Waals surface area contributed by atoms with Crippen molar-refractivity contribution >= 4 is 5.96 Å². The number of hydrogen-bond acceptors (Lipinski definition) is 4. The number of aromatic nitrogens is 3. The van der Waals surface area contributed by atoms with Gasteiger partial charge in [0.25, 0.3) is 0 Å². The van der Waals surface area contributed by atoms with Crippen LogP contribution >= 0.6 is 0 Å². The van der Waals surface area contributed by atoms with Crippen molar-refractivity contribution in [3.05, 3.63) is 42.4 Å². The average molecular weight is 342 g/mol. The molecule has 2 aromatic rings. The zero-order valence-electron chi connectivity index (χ0n) is 14.6. The molecule has 0 amide bonds. The van der Waals surface area contributed by atoms with Gasteiger partial charge in [0, 0.05) is 31.2 Å². The number of guanidine groups is 1. The molecule has 0 atom stereocenters. The third-order valence-electron chi connectivity index (χ3n) is 4.35. The van der Waals surface area contributed by atoms with E-state index < -0.39 is 0 Å². The standard InChI is InChI=1S/C18H26N6O/c1-2-19-18(23-15-4-6-16(25)7-5-15)21-13-14-8-10-20-17(12-14)24-11-3-9-22-24/h3,8-12,15-16,25H,2,4-7,13H2,1H3,(H2,19,21,23). The van der Waals surface area contributed by atoms with Crippen molar-refractivity contribution in [1.82, 2.24) is 25.4 Å². The SMILES string of the molecule is CCNC(=NCc1ccnc(-n2cccn2)c1)NC1CCC(O)CC1. The van der Waals surface area contributed by atoms with E-state index in [-0.39, 0.29) is 6.10 Å². The Hall–Kier alpha value is -2.41. The number of pyridine rings is 1. The molecule has 7 nitrogen and oxygen atoms in total. The van der Waals surface area contributed by atoms with Crippen molar-refractivity contribution in [2.24, 2.45) is 4.99 Å². The van der Waals surface area contributed by atoms with Crippen molar-refractivity contribution in [2.45, 2.75) is 51.3 Å². The summed E-state index contributed by atoms with van der Waals surface area (Å²) in [5.74, 6) is 1.61. The van der Waals surface area contributed by atoms with Gasteiger partial charge in [-0.3, -0.25) is 0 Å². The number of aliphatic hydroxyl groups is 1. The van der Waals surface area contributed by atoms with Crippen LogP contribution in [0.1, 0.15) is 38.2 Å². The van der Waals surface area contributed by atoms with Crippen LogP contribution in [0, 0.1) is 0 Å². The molecular weight excluding hydrogens is 316 g/mol. The molecule has 0 aromatic carbocycles. The zero-order valence-corrected chi connectivity index (χ0v) is 14.6. The highest BCUT2D eigenvalue weighted by Crippen LogP contribution is 2.18. The van der Waals surface area contributed by atoms with Gasteiger partial charge in [0.1, 0.15) is 0 Å². The molecule has 1 aliphatic rings. The summed E-state index contributed by atoms with van der Waals surface area (Å²) >= 11 is 0. The molecule has 2 aromatic heterocycles. The highest BCUT2D eigenvalue weighted by atomic mass is 16.3. The monoisotopic (exact) mass is 342 g/mol. The van der Waals surface area contributed by atoms with Crippen LogP contribution in [-0.4, -0.2) is 44.5 Å². The highest BCUT2D eigenvalue weighted by molar-refractivity contribution is 5.80. The van der Waals surface area contributed by atoms with Crippen molar-refractivity contribution in [1.29, 1.82) is 0 Å². The molecule has 3 rings (SSSR count). The summed E-state index contributed by atoms with van der Waals surface area (Å²) in [5.41, 5.74) is 1.08. The summed E-state index contributed by atoms with van der Waals surface area (Å²) in [6.07, 6.45) is 8.91. The predicted octanol–water partition coefficient (Wildman–Crippen LogP) is 1.63. The second-order valence-electron chi connectivity index (χ2n) is 6.32. The van der Waals surface area contributed by atoms with Crippen molar-refractivity contribution in [2.75, 3.05) is 6.54 Å². The van der Waals surface area contributed by atoms with Crippen LogP contribution in [0.4, 0.5) is 0 Å². The quantitative estimate of drug-likeness (QED) is 0.568. The maximum atomic E-state index is 9.63. The second-order valence-corrected chi connectivity index (χ2v) is 6.32. The van der Waals surface area contributed by atoms with Crippen molar-refractivity contribution in [3.8, 4) is 5.82 Å². The minimum Gasteiger partial charge on any atom is -0.393 e. The van der Waals surface area contributed by atoms with Crippen LogP contribution in [0.3, 0.4) is 0 Å². The lowest BCUT2D eigenvalue weighted by molar-refractivity contribution is 0.120. The fourth-order valence-electron chi connectivity index (χ4n) is 2.99. The molecule has 1 saturated carbocycles. The third-order valence-corrected chi connectivity index (χ3v) is 4.35. The van der Waals surface area contributed by atoms with Gasteiger partial charge in [-0.05, 0) is 56.4 Å². The average Bonchev–Trinajstić information content (AvgIpc) is 3.17. The first-order valence-corrected chi connectivity index (χ1v) is 8.92. The Morgan fingerprint density at radius 1 is 1.32 bits per heavy atom. The fraction of sp³-hybridized carbons (Fsp3) is 0.500. The molecule has 0 unspecified atom stereocenters. The Morgan fingerprint density at radius 3 is 2.88 bits per heavy atom. The number of aliphatic hydroxyl groups excluding tert-OH is 1. The Bertz CT molecular complexity index is 677. The number of nitrogens with one attached hydrogen (secondary N) is 2. The van der Waals surface area contributed by atoms with Gasteiger partial charge in [0.2, 0.25) is 0 Å². The molecule has 1 aliphatic carbocycles. The Morgan fingerprint density at radius 2 is 2.16 bits per heavy atom. The summed E-state index contributed by atoms with van der Waals surface area (Å²) in [6.45, 7) is 3.45. The van der Waals surface area contributed by atoms with Gasteiger partial charge in [-0.2, -0.15) is 5.10 Å². The van der Waals surface area contributed by atoms with E-state index in [1.165, 1.54) is 0 Å². The molecule has 0 spiro atoms. The molecular formula is C18H26N6O. The van der Waals surface area contributed by atoms with Crippen LogP contribution in [-0.2, 0) is 6.54 Å². The summed E-state index contributed by atoms with van der Waals surface area (Å²) in [7, 11) is 0. The van der Waals surface area contributed by atoms with Crippen LogP contribution in [0.5, 0.6) is 0 Å². The lowest BCUT2D eigenvalue weighted by Gasteiger charge is -2.27. The Kier molecular flexibility index (Phi) is 6.00. The number of nitrogens with zero attached hydrogens (tertiary/aromatic N) is 4. The Labute approximate surface area is 148 Å². The molecule has 2 heterocycles. The first-order chi connectivity index (χ1) is 12.2. The lowest BCUT2D eigenvalue weighted by atomic mass is 9.93. The summed E-state index contributed by atoms with van der Waals surface area (Å²) in [6, 6.07) is 6.22. The summed E-state index contributed by atoms with van der Waals surface area (Å²) in [4.78, 5) is 9.04. The van der Waals surface area contributed by atoms with E-state index in [2.05, 4.69) is 27.6 Å². The lowest BCUT2D eigenvalue weighted by Crippen LogP contribution is -2.45. The largest absolute Gasteiger partial charge is 0.393 e. The van der Waals surface area contributed by atoms with Crippen LogP contribution in [0.25, 0.3) is 5.82 Å². The minimum absolute atomic E-state index is 0.143. The minimum atomic E-state index is -0.143. The molecule has 0 saturated heterocycles. The van der Waals surface area contributed by atoms with Crippen LogP contribution in [0.15, 0.2) is 41.8 Å². The van der Waals surface area contributed by atoms with Crippen LogP contribution in [0.2, 0.25) is 0 Å². The zero-order chi connectivity index (χ0) is 17.5. The molecule has 25 heavy (non-hydrogen) atoms. The van der Waals surface area contributed by atoms with Crippen LogP contribution < -0.4 is 10.6 Å². The Balaban J connectivity index is 1.64. The molecule has 134 valence electrons. The van der Waals surface area contributed by atoms with Crippen molar-refractivity contribution in [3.63, 3.8) is 0 Å². The molecule has 1 fully saturated rings. The summed E-state index contributed by atoms with van der Waals surface area (Å²) in [5, 5.41) is 20.6. The number of hydrogen-bond donors (Lipinski definition) is 3. The van der Waals surface area contributed by atoms with Gasteiger partial charge in [0.15, 0.2) is 11.8 Å². The van der Waals surface area contributed by atoms with Gasteiger partial charge in [-0.1, -0.05) is 0 Å². The second kappa shape index (κ2) is 8.62. The first-order valence-electron chi connectivity index (χ1n) is 8.92. The van der Waals surface area contributed by atoms with E-state index in [1.807, 2.05) is 24.4 Å². The van der Waals surface area contributed by atoms with Gasteiger partial charge in [-0.15, -0.1) is 0 Å². The normalized spacial score (nSPS) is 21.1. The highest BCUT2D eigenvalue weighted by Gasteiger charge is 2.19. The maximum absolute atomic E-state index is 9.63. The topological polar surface area (TPSA) is 87.4 Å². The molecule has 3 N–H and O–H groups in total. The first kappa shape index (κ1) is 17.4. The van der Waals surface area contributed by atoms with E-state index in [4.69, 9.17) is 4.99 Å².